The van der Waals surface area contributed by atoms with Gasteiger partial charge in [-0.25, -0.2) is 0 Å². The monoisotopic (exact) mass is 277 g/mol. The minimum absolute atomic E-state index is 0.409. The standard InChI is InChI=1S/C18H31NO/c1-4-5-6-7-8-9-14-19-17(3)15-20-18-12-10-16(2)11-13-18/h10-13,17,19H,4-9,14-15H2,1-3H3. The Bertz CT molecular complexity index is 334. The molecule has 0 saturated carbocycles. The summed E-state index contributed by atoms with van der Waals surface area (Å²) in [6, 6.07) is 8.66. The fourth-order valence-electron chi connectivity index (χ4n) is 2.17. The van der Waals surface area contributed by atoms with Crippen molar-refractivity contribution in [2.75, 3.05) is 13.2 Å². The molecule has 1 N–H and O–H groups in total. The summed E-state index contributed by atoms with van der Waals surface area (Å²) in [7, 11) is 0. The molecule has 1 unspecified atom stereocenters. The Hall–Kier alpha value is -1.02. The van der Waals surface area contributed by atoms with Gasteiger partial charge in [-0.15, -0.1) is 0 Å². The van der Waals surface area contributed by atoms with Gasteiger partial charge in [-0.3, -0.25) is 0 Å². The molecule has 0 fully saturated rings. The minimum Gasteiger partial charge on any atom is -0.492 e. The Morgan fingerprint density at radius 1 is 1.00 bits per heavy atom. The summed E-state index contributed by atoms with van der Waals surface area (Å²) >= 11 is 0. The molecule has 0 bridgehead atoms. The van der Waals surface area contributed by atoms with Gasteiger partial charge in [0.05, 0.1) is 0 Å². The molecule has 0 heterocycles. The zero-order valence-corrected chi connectivity index (χ0v) is 13.5. The second-order valence-electron chi connectivity index (χ2n) is 5.75. The molecule has 0 aliphatic rings. The summed E-state index contributed by atoms with van der Waals surface area (Å²) in [5, 5.41) is 3.53. The van der Waals surface area contributed by atoms with Crippen LogP contribution in [0.1, 0.15) is 57.9 Å². The van der Waals surface area contributed by atoms with Crippen molar-refractivity contribution in [1.29, 1.82) is 0 Å². The lowest BCUT2D eigenvalue weighted by atomic mass is 10.1. The molecule has 2 nitrogen and oxygen atoms in total. The molecule has 2 heteroatoms. The smallest absolute Gasteiger partial charge is 0.119 e. The van der Waals surface area contributed by atoms with E-state index in [2.05, 4.69) is 38.2 Å². The Morgan fingerprint density at radius 3 is 2.35 bits per heavy atom. The van der Waals surface area contributed by atoms with Gasteiger partial charge in [0.2, 0.25) is 0 Å². The Labute approximate surface area is 124 Å². The predicted octanol–water partition coefficient (Wildman–Crippen LogP) is 4.71. The van der Waals surface area contributed by atoms with Crippen molar-refractivity contribution in [1.82, 2.24) is 5.32 Å². The van der Waals surface area contributed by atoms with Gasteiger partial charge in [0.1, 0.15) is 12.4 Å². The van der Waals surface area contributed by atoms with E-state index >= 15 is 0 Å². The number of rotatable bonds is 11. The molecule has 0 saturated heterocycles. The fraction of sp³-hybridized carbons (Fsp3) is 0.667. The minimum atomic E-state index is 0.409. The van der Waals surface area contributed by atoms with Crippen LogP contribution in [0.2, 0.25) is 0 Å². The van der Waals surface area contributed by atoms with Gasteiger partial charge in [-0.05, 0) is 38.9 Å². The summed E-state index contributed by atoms with van der Waals surface area (Å²) in [6.07, 6.45) is 8.10. The maximum atomic E-state index is 5.77. The van der Waals surface area contributed by atoms with E-state index in [1.165, 1.54) is 44.1 Å². The van der Waals surface area contributed by atoms with Gasteiger partial charge < -0.3 is 10.1 Å². The van der Waals surface area contributed by atoms with E-state index < -0.39 is 0 Å². The molecule has 1 aromatic rings. The predicted molar refractivity (Wildman–Crippen MR) is 87.5 cm³/mol. The number of unbranched alkanes of at least 4 members (excludes halogenated alkanes) is 5. The second-order valence-corrected chi connectivity index (χ2v) is 5.75. The summed E-state index contributed by atoms with van der Waals surface area (Å²) in [6.45, 7) is 8.38. The van der Waals surface area contributed by atoms with E-state index in [9.17, 15) is 0 Å². The van der Waals surface area contributed by atoms with Gasteiger partial charge in [0.15, 0.2) is 0 Å². The molecule has 0 radical (unpaired) electrons. The molecular formula is C18H31NO. The number of nitrogens with one attached hydrogen (secondary N) is 1. The maximum Gasteiger partial charge on any atom is 0.119 e. The van der Waals surface area contributed by atoms with Crippen LogP contribution in [0.25, 0.3) is 0 Å². The van der Waals surface area contributed by atoms with Crippen molar-refractivity contribution in [2.24, 2.45) is 0 Å². The van der Waals surface area contributed by atoms with Gasteiger partial charge in [0, 0.05) is 6.04 Å². The molecule has 0 amide bonds. The van der Waals surface area contributed by atoms with Crippen LogP contribution in [0.5, 0.6) is 5.75 Å². The summed E-state index contributed by atoms with van der Waals surface area (Å²) in [5.74, 6) is 0.962. The first-order chi connectivity index (χ1) is 9.72. The first-order valence-electron chi connectivity index (χ1n) is 8.15. The summed E-state index contributed by atoms with van der Waals surface area (Å²) < 4.78 is 5.77. The van der Waals surface area contributed by atoms with E-state index in [0.29, 0.717) is 6.04 Å². The average molecular weight is 277 g/mol. The first-order valence-corrected chi connectivity index (χ1v) is 8.15. The van der Waals surface area contributed by atoms with E-state index in [4.69, 9.17) is 4.74 Å². The van der Waals surface area contributed by atoms with E-state index in [-0.39, 0.29) is 0 Å². The van der Waals surface area contributed by atoms with Crippen LogP contribution < -0.4 is 10.1 Å². The van der Waals surface area contributed by atoms with Crippen LogP contribution in [0.15, 0.2) is 24.3 Å². The maximum absolute atomic E-state index is 5.77. The second kappa shape index (κ2) is 10.7. The van der Waals surface area contributed by atoms with Crippen LogP contribution in [0, 0.1) is 6.92 Å². The third-order valence-electron chi connectivity index (χ3n) is 3.54. The molecule has 0 aliphatic heterocycles. The van der Waals surface area contributed by atoms with Crippen molar-refractivity contribution in [3.8, 4) is 5.75 Å². The van der Waals surface area contributed by atoms with Gasteiger partial charge in [-0.2, -0.15) is 0 Å². The third-order valence-corrected chi connectivity index (χ3v) is 3.54. The van der Waals surface area contributed by atoms with Gasteiger partial charge in [-0.1, -0.05) is 56.7 Å². The topological polar surface area (TPSA) is 21.3 Å². The molecule has 0 aliphatic carbocycles. The fourth-order valence-corrected chi connectivity index (χ4v) is 2.17. The highest BCUT2D eigenvalue weighted by molar-refractivity contribution is 5.26. The molecule has 0 spiro atoms. The van der Waals surface area contributed by atoms with Crippen LogP contribution in [-0.4, -0.2) is 19.2 Å². The zero-order chi connectivity index (χ0) is 14.6. The van der Waals surface area contributed by atoms with Crippen LogP contribution in [0.3, 0.4) is 0 Å². The SMILES string of the molecule is CCCCCCCCNC(C)COc1ccc(C)cc1. The Morgan fingerprint density at radius 2 is 1.65 bits per heavy atom. The van der Waals surface area contributed by atoms with Crippen molar-refractivity contribution < 1.29 is 4.74 Å². The van der Waals surface area contributed by atoms with Crippen molar-refractivity contribution in [3.63, 3.8) is 0 Å². The van der Waals surface area contributed by atoms with Crippen LogP contribution in [-0.2, 0) is 0 Å². The summed E-state index contributed by atoms with van der Waals surface area (Å²) in [4.78, 5) is 0. The normalized spacial score (nSPS) is 12.3. The Balaban J connectivity index is 2.00. The molecule has 1 atom stereocenters. The average Bonchev–Trinajstić information content (AvgIpc) is 2.46. The highest BCUT2D eigenvalue weighted by atomic mass is 16.5. The zero-order valence-electron chi connectivity index (χ0n) is 13.5. The molecule has 1 rings (SSSR count). The highest BCUT2D eigenvalue weighted by Gasteiger charge is 2.02. The van der Waals surface area contributed by atoms with Crippen molar-refractivity contribution >= 4 is 0 Å². The molecule has 1 aromatic carbocycles. The van der Waals surface area contributed by atoms with Crippen molar-refractivity contribution in [3.05, 3.63) is 29.8 Å². The quantitative estimate of drug-likeness (QED) is 0.591. The third kappa shape index (κ3) is 8.21. The lowest BCUT2D eigenvalue weighted by Gasteiger charge is -2.15. The Kier molecular flexibility index (Phi) is 9.14. The van der Waals surface area contributed by atoms with Gasteiger partial charge >= 0.3 is 0 Å². The molecule has 0 aromatic heterocycles. The van der Waals surface area contributed by atoms with Crippen molar-refractivity contribution in [2.45, 2.75) is 65.3 Å². The van der Waals surface area contributed by atoms with Crippen LogP contribution in [0.4, 0.5) is 0 Å². The summed E-state index contributed by atoms with van der Waals surface area (Å²) in [5.41, 5.74) is 1.27. The number of hydrogen-bond donors (Lipinski definition) is 1. The largest absolute Gasteiger partial charge is 0.492 e. The lowest BCUT2D eigenvalue weighted by Crippen LogP contribution is -2.32. The number of aryl methyl sites for hydroxylation is 1. The van der Waals surface area contributed by atoms with E-state index in [0.717, 1.165) is 18.9 Å². The molecule has 114 valence electrons. The number of ether oxygens (including phenoxy) is 1. The van der Waals surface area contributed by atoms with Crippen LogP contribution >= 0.6 is 0 Å². The molecule has 20 heavy (non-hydrogen) atoms. The van der Waals surface area contributed by atoms with E-state index in [1.807, 2.05) is 12.1 Å². The lowest BCUT2D eigenvalue weighted by molar-refractivity contribution is 0.272. The number of hydrogen-bond acceptors (Lipinski definition) is 2. The van der Waals surface area contributed by atoms with E-state index in [1.54, 1.807) is 0 Å². The van der Waals surface area contributed by atoms with Gasteiger partial charge in [0.25, 0.3) is 0 Å². The molecular weight excluding hydrogens is 246 g/mol. The number of benzene rings is 1. The first kappa shape index (κ1) is 17.0. The highest BCUT2D eigenvalue weighted by Crippen LogP contribution is 2.11.